The van der Waals surface area contributed by atoms with Gasteiger partial charge in [0.05, 0.1) is 22.3 Å². The Labute approximate surface area is 409 Å². The van der Waals surface area contributed by atoms with Gasteiger partial charge >= 0.3 is 0 Å². The Hall–Kier alpha value is -7.13. The van der Waals surface area contributed by atoms with Gasteiger partial charge in [0.25, 0.3) is 0 Å². The molecule has 0 aliphatic carbocycles. The van der Waals surface area contributed by atoms with E-state index in [1.807, 2.05) is 36.5 Å². The molecule has 0 aliphatic heterocycles. The molecule has 332 valence electrons. The van der Waals surface area contributed by atoms with Crippen molar-refractivity contribution < 1.29 is 26.2 Å². The quantitative estimate of drug-likeness (QED) is 0.154. The Morgan fingerprint density at radius 1 is 0.448 bits per heavy atom. The van der Waals surface area contributed by atoms with Gasteiger partial charge in [0.15, 0.2) is 0 Å². The van der Waals surface area contributed by atoms with Crippen LogP contribution in [-0.2, 0) is 31.9 Å². The summed E-state index contributed by atoms with van der Waals surface area (Å²) in [6.45, 7) is 13.5. The second-order valence-corrected chi connectivity index (χ2v) is 19.2. The van der Waals surface area contributed by atoms with Crippen LogP contribution in [0, 0.1) is 6.07 Å². The Bertz CT molecular complexity index is 3360. The number of phenolic OH excluding ortho intramolecular Hbond substituents is 1. The van der Waals surface area contributed by atoms with Gasteiger partial charge in [-0.3, -0.25) is 9.55 Å². The molecule has 5 heteroatoms. The van der Waals surface area contributed by atoms with E-state index in [-0.39, 0.29) is 37.6 Å². The minimum absolute atomic E-state index is 0. The van der Waals surface area contributed by atoms with Crippen molar-refractivity contribution in [2.45, 2.75) is 52.4 Å². The van der Waals surface area contributed by atoms with E-state index in [2.05, 4.69) is 210 Å². The number of imidazole rings is 1. The summed E-state index contributed by atoms with van der Waals surface area (Å²) in [5.74, 6) is 0.817. The number of hydrogen-bond acceptors (Lipinski definition) is 3. The molecule has 2 heterocycles. The van der Waals surface area contributed by atoms with Gasteiger partial charge in [0.1, 0.15) is 11.6 Å². The van der Waals surface area contributed by atoms with Crippen molar-refractivity contribution in [3.05, 3.63) is 218 Å². The predicted octanol–water partition coefficient (Wildman–Crippen LogP) is 16.2. The Balaban J connectivity index is 0.00000562. The molecule has 0 spiro atoms. The van der Waals surface area contributed by atoms with Gasteiger partial charge in [-0.15, -0.1) is 23.8 Å². The summed E-state index contributed by atoms with van der Waals surface area (Å²) >= 11 is 0. The fraction of sp³-hybridized carbons (Fsp3) is 0.129. The van der Waals surface area contributed by atoms with E-state index in [1.54, 1.807) is 6.07 Å². The third kappa shape index (κ3) is 9.07. The van der Waals surface area contributed by atoms with Crippen LogP contribution in [0.1, 0.15) is 52.7 Å². The summed E-state index contributed by atoms with van der Waals surface area (Å²) in [4.78, 5) is 10.4. The summed E-state index contributed by atoms with van der Waals surface area (Å²) in [7, 11) is 0. The largest absolute Gasteiger partial charge is 0.507 e. The number of nitrogens with zero attached hydrogens (tertiary/aromatic N) is 3. The molecule has 8 aromatic carbocycles. The number of rotatable bonds is 8. The van der Waals surface area contributed by atoms with Crippen molar-refractivity contribution in [2.75, 3.05) is 0 Å². The molecule has 2 aromatic heterocycles. The third-order valence-electron chi connectivity index (χ3n) is 12.6. The summed E-state index contributed by atoms with van der Waals surface area (Å²) in [5.41, 5.74) is 18.2. The average Bonchev–Trinajstić information content (AvgIpc) is 3.73. The fourth-order valence-corrected chi connectivity index (χ4v) is 8.88. The van der Waals surface area contributed by atoms with Gasteiger partial charge in [-0.05, 0) is 91.7 Å². The number of phenols is 1. The van der Waals surface area contributed by atoms with Crippen molar-refractivity contribution in [1.29, 1.82) is 0 Å². The molecule has 10 aromatic rings. The molecule has 0 amide bonds. The first-order valence-electron chi connectivity index (χ1n) is 22.7. The Kier molecular flexibility index (Phi) is 12.3. The van der Waals surface area contributed by atoms with E-state index in [0.717, 1.165) is 72.5 Å². The van der Waals surface area contributed by atoms with E-state index >= 15 is 0 Å². The van der Waals surface area contributed by atoms with Gasteiger partial charge in [0, 0.05) is 38.5 Å². The fourth-order valence-electron chi connectivity index (χ4n) is 8.88. The van der Waals surface area contributed by atoms with Gasteiger partial charge in [-0.2, -0.15) is 0 Å². The number of hydrogen-bond donors (Lipinski definition) is 1. The van der Waals surface area contributed by atoms with Gasteiger partial charge in [-0.25, -0.2) is 4.98 Å². The van der Waals surface area contributed by atoms with Crippen LogP contribution < -0.4 is 0 Å². The molecule has 0 radical (unpaired) electrons. The number of benzene rings is 8. The Morgan fingerprint density at radius 3 is 1.66 bits per heavy atom. The zero-order chi connectivity index (χ0) is 45.6. The van der Waals surface area contributed by atoms with Gasteiger partial charge in [-0.1, -0.05) is 204 Å². The summed E-state index contributed by atoms with van der Waals surface area (Å²) in [6.07, 6.45) is 1.89. The van der Waals surface area contributed by atoms with E-state index < -0.39 is 0 Å². The zero-order valence-electron chi connectivity index (χ0n) is 38.7. The standard InChI is InChI=1S/C62H52N3O.Pt/c1-61(2,3)50-30-28-45(29-31-50)54-40-51(62(4,5)6)32-33-56(54)65-57-22-15-21-52(59(57)64-60(65)53-20-13-14-23-58(53)66)48-36-47(42-18-11-8-12-19-42)37-49(38-48)55-39-46(34-35-63-55)44-26-24-43(25-27-44)41-16-9-7-10-17-41;/h7-37,39-40,66H,1-6H3;/q-1;. The molecule has 10 rings (SSSR count). The minimum Gasteiger partial charge on any atom is -0.507 e. The molecule has 0 saturated heterocycles. The molecular weight excluding hydrogens is 998 g/mol. The van der Waals surface area contributed by atoms with Crippen LogP contribution in [-0.4, -0.2) is 19.6 Å². The molecule has 0 aliphatic rings. The maximum atomic E-state index is 11.5. The van der Waals surface area contributed by atoms with Crippen molar-refractivity contribution in [3.8, 4) is 89.7 Å². The molecule has 0 saturated carbocycles. The SMILES string of the molecule is CC(C)(C)c1ccc(-c2cc(C(C)(C)C)ccc2-n2c(-c3ccccc3O)nc3c(-c4[c-]c(-c5cc(-c6ccc(-c7ccccc7)cc6)ccn5)cc(-c5ccccc5)c4)cccc32)cc1.[Pt]. The topological polar surface area (TPSA) is 50.9 Å². The van der Waals surface area contributed by atoms with Crippen LogP contribution in [0.2, 0.25) is 0 Å². The number of aromatic hydroxyl groups is 1. The first kappa shape index (κ1) is 45.0. The van der Waals surface area contributed by atoms with E-state index in [4.69, 9.17) is 9.97 Å². The monoisotopic (exact) mass is 1050 g/mol. The van der Waals surface area contributed by atoms with Crippen LogP contribution in [0.5, 0.6) is 5.75 Å². The normalized spacial score (nSPS) is 11.7. The molecule has 1 N–H and O–H groups in total. The number of para-hydroxylation sites is 2. The zero-order valence-corrected chi connectivity index (χ0v) is 40.9. The Morgan fingerprint density at radius 2 is 1.00 bits per heavy atom. The first-order valence-corrected chi connectivity index (χ1v) is 22.7. The molecular formula is C62H52N3OPt-. The van der Waals surface area contributed by atoms with Crippen molar-refractivity contribution in [3.63, 3.8) is 0 Å². The van der Waals surface area contributed by atoms with Crippen LogP contribution in [0.4, 0.5) is 0 Å². The van der Waals surface area contributed by atoms with E-state index in [0.29, 0.717) is 11.4 Å². The predicted molar refractivity (Wildman–Crippen MR) is 275 cm³/mol. The van der Waals surface area contributed by atoms with Crippen LogP contribution in [0.3, 0.4) is 0 Å². The maximum Gasteiger partial charge on any atom is 0.148 e. The minimum atomic E-state index is -0.0813. The maximum absolute atomic E-state index is 11.5. The third-order valence-corrected chi connectivity index (χ3v) is 12.6. The van der Waals surface area contributed by atoms with Crippen molar-refractivity contribution in [1.82, 2.24) is 14.5 Å². The second-order valence-electron chi connectivity index (χ2n) is 19.2. The van der Waals surface area contributed by atoms with Crippen molar-refractivity contribution in [2.24, 2.45) is 0 Å². The summed E-state index contributed by atoms with van der Waals surface area (Å²) in [6, 6.07) is 71.7. The first-order chi connectivity index (χ1) is 31.9. The smallest absolute Gasteiger partial charge is 0.148 e. The summed E-state index contributed by atoms with van der Waals surface area (Å²) in [5, 5.41) is 11.5. The van der Waals surface area contributed by atoms with Crippen molar-refractivity contribution >= 4 is 11.0 Å². The van der Waals surface area contributed by atoms with Crippen LogP contribution >= 0.6 is 0 Å². The van der Waals surface area contributed by atoms with Crippen LogP contribution in [0.15, 0.2) is 200 Å². The van der Waals surface area contributed by atoms with Gasteiger partial charge < -0.3 is 5.11 Å². The van der Waals surface area contributed by atoms with Crippen LogP contribution in [0.25, 0.3) is 95.0 Å². The molecule has 0 bridgehead atoms. The van der Waals surface area contributed by atoms with Gasteiger partial charge in [0.2, 0.25) is 0 Å². The molecule has 0 fully saturated rings. The van der Waals surface area contributed by atoms with E-state index in [1.165, 1.54) is 22.3 Å². The van der Waals surface area contributed by atoms with E-state index in [9.17, 15) is 5.11 Å². The molecule has 0 atom stereocenters. The molecule has 4 nitrogen and oxygen atoms in total. The number of pyridine rings is 1. The number of fused-ring (bicyclic) bond motifs is 1. The second kappa shape index (κ2) is 18.3. The average molecular weight is 1050 g/mol. The molecule has 67 heavy (non-hydrogen) atoms. The summed E-state index contributed by atoms with van der Waals surface area (Å²) < 4.78 is 2.23. The number of aromatic nitrogens is 3. The molecule has 0 unspecified atom stereocenters.